The summed E-state index contributed by atoms with van der Waals surface area (Å²) in [5.74, 6) is -0.743. The van der Waals surface area contributed by atoms with E-state index in [4.69, 9.17) is 0 Å². The van der Waals surface area contributed by atoms with Gasteiger partial charge >= 0.3 is 0 Å². The molecule has 0 bridgehead atoms. The predicted octanol–water partition coefficient (Wildman–Crippen LogP) is 5.34. The van der Waals surface area contributed by atoms with Crippen LogP contribution in [0.1, 0.15) is 28.7 Å². The highest BCUT2D eigenvalue weighted by molar-refractivity contribution is 9.10. The summed E-state index contributed by atoms with van der Waals surface area (Å²) in [4.78, 5) is 2.25. The number of likely N-dealkylation sites (tertiary alicyclic amines) is 1. The van der Waals surface area contributed by atoms with Gasteiger partial charge in [0, 0.05) is 23.5 Å². The molecule has 0 amide bonds. The maximum Gasteiger partial charge on any atom is 0.124 e. The third-order valence-electron chi connectivity index (χ3n) is 5.49. The molecule has 1 aliphatic heterocycles. The zero-order chi connectivity index (χ0) is 19.7. The Bertz CT molecular complexity index is 882. The summed E-state index contributed by atoms with van der Waals surface area (Å²) in [5.41, 5.74) is 2.08. The Morgan fingerprint density at radius 2 is 1.43 bits per heavy atom. The summed E-state index contributed by atoms with van der Waals surface area (Å²) < 4.78 is 14.5. The highest BCUT2D eigenvalue weighted by Crippen LogP contribution is 2.42. The molecule has 3 aromatic rings. The fraction of sp³-hybridized carbons (Fsp3) is 0.208. The molecule has 28 heavy (non-hydrogen) atoms. The van der Waals surface area contributed by atoms with Crippen LogP contribution in [0.4, 0.5) is 4.39 Å². The fourth-order valence-electron chi connectivity index (χ4n) is 4.03. The molecule has 1 N–H and O–H groups in total. The highest BCUT2D eigenvalue weighted by atomic mass is 79.9. The minimum absolute atomic E-state index is 0.0640. The maximum absolute atomic E-state index is 13.8. The zero-order valence-electron chi connectivity index (χ0n) is 15.4. The average Bonchev–Trinajstić information content (AvgIpc) is 2.67. The van der Waals surface area contributed by atoms with E-state index in [0.29, 0.717) is 23.1 Å². The lowest BCUT2D eigenvalue weighted by Gasteiger charge is -2.53. The van der Waals surface area contributed by atoms with Gasteiger partial charge in [0.15, 0.2) is 0 Å². The Kier molecular flexibility index (Phi) is 5.37. The Morgan fingerprint density at radius 3 is 1.93 bits per heavy atom. The van der Waals surface area contributed by atoms with Crippen molar-refractivity contribution in [1.29, 1.82) is 0 Å². The molecule has 143 valence electrons. The van der Waals surface area contributed by atoms with Gasteiger partial charge in [0.05, 0.1) is 11.6 Å². The Morgan fingerprint density at radius 1 is 0.893 bits per heavy atom. The molecule has 0 unspecified atom stereocenters. The van der Waals surface area contributed by atoms with E-state index < -0.39 is 11.5 Å². The Balaban J connectivity index is 1.59. The van der Waals surface area contributed by atoms with Crippen LogP contribution >= 0.6 is 15.9 Å². The van der Waals surface area contributed by atoms with Gasteiger partial charge < -0.3 is 5.11 Å². The van der Waals surface area contributed by atoms with Crippen LogP contribution in [0.3, 0.4) is 0 Å². The van der Waals surface area contributed by atoms with Crippen LogP contribution in [0.5, 0.6) is 0 Å². The Labute approximate surface area is 173 Å². The lowest BCUT2D eigenvalue weighted by molar-refractivity contribution is -0.119. The molecule has 0 saturated carbocycles. The molecular weight excluding hydrogens is 417 g/mol. The molecule has 3 aromatic carbocycles. The summed E-state index contributed by atoms with van der Waals surface area (Å²) in [5, 5.41) is 11.2. The van der Waals surface area contributed by atoms with Crippen molar-refractivity contribution in [1.82, 2.24) is 4.90 Å². The summed E-state index contributed by atoms with van der Waals surface area (Å²) in [6, 6.07) is 25.3. The van der Waals surface area contributed by atoms with E-state index in [1.165, 1.54) is 23.3 Å². The summed E-state index contributed by atoms with van der Waals surface area (Å²) in [7, 11) is 0. The number of halogens is 2. The second-order valence-electron chi connectivity index (χ2n) is 7.49. The van der Waals surface area contributed by atoms with Gasteiger partial charge in [-0.25, -0.2) is 4.39 Å². The van der Waals surface area contributed by atoms with Gasteiger partial charge in [-0.05, 0) is 41.8 Å². The van der Waals surface area contributed by atoms with Crippen LogP contribution < -0.4 is 0 Å². The number of β-amino-alcohol motifs (C(OH)–C–C–N with tert-alkyl or cyclic N) is 1. The van der Waals surface area contributed by atoms with Crippen LogP contribution in [-0.2, 0) is 0 Å². The fourth-order valence-corrected chi connectivity index (χ4v) is 4.51. The average molecular weight is 439 g/mol. The van der Waals surface area contributed by atoms with E-state index in [9.17, 15) is 9.50 Å². The molecular formula is C24H22BrFNO. The van der Waals surface area contributed by atoms with Crippen LogP contribution in [0.2, 0.25) is 0 Å². The first-order valence-electron chi connectivity index (χ1n) is 9.32. The first-order valence-corrected chi connectivity index (χ1v) is 10.1. The van der Waals surface area contributed by atoms with Crippen LogP contribution in [0.25, 0.3) is 0 Å². The minimum atomic E-state index is -0.991. The molecule has 0 spiro atoms. The largest absolute Gasteiger partial charge is 0.387 e. The van der Waals surface area contributed by atoms with Gasteiger partial charge in [0.2, 0.25) is 0 Å². The van der Waals surface area contributed by atoms with Gasteiger partial charge in [-0.15, -0.1) is 0 Å². The summed E-state index contributed by atoms with van der Waals surface area (Å²) >= 11 is 3.32. The smallest absolute Gasteiger partial charge is 0.124 e. The SMILES string of the molecule is [CH2][C@H](c1cc(F)cc(Br)c1)C1(O)CN(C(c2ccccc2)c2ccccc2)C1. The van der Waals surface area contributed by atoms with Crippen molar-refractivity contribution >= 4 is 15.9 Å². The van der Waals surface area contributed by atoms with Crippen molar-refractivity contribution in [2.45, 2.75) is 17.6 Å². The molecule has 2 nitrogen and oxygen atoms in total. The van der Waals surface area contributed by atoms with E-state index in [-0.39, 0.29) is 11.9 Å². The van der Waals surface area contributed by atoms with E-state index in [1.807, 2.05) is 42.5 Å². The quantitative estimate of drug-likeness (QED) is 0.580. The third kappa shape index (κ3) is 3.77. The molecule has 1 fully saturated rings. The highest BCUT2D eigenvalue weighted by Gasteiger charge is 2.48. The molecule has 0 aliphatic carbocycles. The van der Waals surface area contributed by atoms with Crippen molar-refractivity contribution in [2.24, 2.45) is 0 Å². The van der Waals surface area contributed by atoms with Gasteiger partial charge in [0.1, 0.15) is 5.82 Å². The summed E-state index contributed by atoms with van der Waals surface area (Å²) in [6.45, 7) is 5.11. The number of hydrogen-bond donors (Lipinski definition) is 1. The van der Waals surface area contributed by atoms with E-state index >= 15 is 0 Å². The molecule has 1 radical (unpaired) electrons. The van der Waals surface area contributed by atoms with Crippen LogP contribution in [0.15, 0.2) is 83.3 Å². The zero-order valence-corrected chi connectivity index (χ0v) is 17.0. The third-order valence-corrected chi connectivity index (χ3v) is 5.94. The summed E-state index contributed by atoms with van der Waals surface area (Å²) in [6.07, 6.45) is 0. The van der Waals surface area contributed by atoms with Gasteiger partial charge in [-0.3, -0.25) is 4.90 Å². The van der Waals surface area contributed by atoms with Crippen molar-refractivity contribution in [3.63, 3.8) is 0 Å². The number of nitrogens with zero attached hydrogens (tertiary/aromatic N) is 1. The first kappa shape index (κ1) is 19.3. The molecule has 1 saturated heterocycles. The standard InChI is InChI=1S/C24H22BrFNO/c1-17(20-12-21(25)14-22(26)13-20)24(28)15-27(16-24)23(18-8-4-2-5-9-18)19-10-6-3-7-11-19/h2-14,17,23,28H,1,15-16H2/t17-/m1/s1. The van der Waals surface area contributed by atoms with E-state index in [1.54, 1.807) is 0 Å². The number of rotatable bonds is 5. The van der Waals surface area contributed by atoms with Gasteiger partial charge in [-0.1, -0.05) is 76.6 Å². The molecule has 1 atom stereocenters. The van der Waals surface area contributed by atoms with Crippen molar-refractivity contribution in [3.05, 3.63) is 113 Å². The molecule has 0 aromatic heterocycles. The maximum atomic E-state index is 13.8. The second-order valence-corrected chi connectivity index (χ2v) is 8.40. The lowest BCUT2D eigenvalue weighted by Crippen LogP contribution is -2.64. The van der Waals surface area contributed by atoms with E-state index in [0.717, 1.165) is 0 Å². The Hall–Kier alpha value is -2.01. The van der Waals surface area contributed by atoms with Crippen molar-refractivity contribution in [3.8, 4) is 0 Å². The monoisotopic (exact) mass is 438 g/mol. The molecule has 4 heteroatoms. The first-order chi connectivity index (χ1) is 13.5. The number of aliphatic hydroxyl groups is 1. The number of hydrogen-bond acceptors (Lipinski definition) is 2. The lowest BCUT2D eigenvalue weighted by atomic mass is 9.76. The van der Waals surface area contributed by atoms with Gasteiger partial charge in [0.25, 0.3) is 0 Å². The van der Waals surface area contributed by atoms with Crippen LogP contribution in [-0.4, -0.2) is 28.7 Å². The van der Waals surface area contributed by atoms with Gasteiger partial charge in [-0.2, -0.15) is 0 Å². The molecule has 4 rings (SSSR count). The number of benzene rings is 3. The normalized spacial score (nSPS) is 17.3. The molecule has 1 heterocycles. The minimum Gasteiger partial charge on any atom is -0.387 e. The van der Waals surface area contributed by atoms with Crippen LogP contribution in [0, 0.1) is 12.7 Å². The van der Waals surface area contributed by atoms with Crippen molar-refractivity contribution in [2.75, 3.05) is 13.1 Å². The predicted molar refractivity (Wildman–Crippen MR) is 113 cm³/mol. The van der Waals surface area contributed by atoms with E-state index in [2.05, 4.69) is 52.0 Å². The van der Waals surface area contributed by atoms with Crippen molar-refractivity contribution < 1.29 is 9.50 Å². The molecule has 1 aliphatic rings. The second kappa shape index (κ2) is 7.78. The topological polar surface area (TPSA) is 23.5 Å².